The molecule has 1 aliphatic rings. The minimum absolute atomic E-state index is 0.171. The number of urea groups is 1. The molecule has 1 heterocycles. The maximum atomic E-state index is 11.9. The largest absolute Gasteiger partial charge is 0.480 e. The highest BCUT2D eigenvalue weighted by molar-refractivity contribution is 7.99. The molecule has 0 aromatic heterocycles. The van der Waals surface area contributed by atoms with E-state index >= 15 is 0 Å². The zero-order valence-electron chi connectivity index (χ0n) is 10.3. The van der Waals surface area contributed by atoms with Gasteiger partial charge in [0.25, 0.3) is 0 Å². The molecule has 0 spiro atoms. The third-order valence-electron chi connectivity index (χ3n) is 2.80. The number of rotatable bonds is 4. The molecule has 98 valence electrons. The molecular weight excluding hydrogens is 240 g/mol. The highest BCUT2D eigenvalue weighted by atomic mass is 32.2. The van der Waals surface area contributed by atoms with Crippen molar-refractivity contribution in [2.24, 2.45) is 0 Å². The van der Waals surface area contributed by atoms with E-state index in [1.165, 1.54) is 0 Å². The van der Waals surface area contributed by atoms with Gasteiger partial charge in [-0.25, -0.2) is 9.59 Å². The molecule has 1 saturated heterocycles. The molecule has 0 bridgehead atoms. The van der Waals surface area contributed by atoms with Crippen LogP contribution in [0.1, 0.15) is 26.7 Å². The van der Waals surface area contributed by atoms with Crippen molar-refractivity contribution < 1.29 is 14.7 Å². The predicted molar refractivity (Wildman–Crippen MR) is 68.4 cm³/mol. The number of carboxylic acid groups (broad SMARTS) is 1. The lowest BCUT2D eigenvalue weighted by atomic mass is 10.2. The summed E-state index contributed by atoms with van der Waals surface area (Å²) in [6.45, 7) is 4.58. The summed E-state index contributed by atoms with van der Waals surface area (Å²) in [6, 6.07) is -0.849. The van der Waals surface area contributed by atoms with Crippen molar-refractivity contribution in [1.29, 1.82) is 0 Å². The summed E-state index contributed by atoms with van der Waals surface area (Å²) in [5, 5.41) is 11.6. The normalized spacial score (nSPS) is 22.0. The van der Waals surface area contributed by atoms with Crippen molar-refractivity contribution in [3.05, 3.63) is 0 Å². The Morgan fingerprint density at radius 3 is 2.82 bits per heavy atom. The number of nitrogens with one attached hydrogen (secondary N) is 1. The molecule has 1 unspecified atom stereocenters. The lowest BCUT2D eigenvalue weighted by molar-refractivity contribution is -0.139. The second-order valence-corrected chi connectivity index (χ2v) is 5.40. The summed E-state index contributed by atoms with van der Waals surface area (Å²) in [5.41, 5.74) is 0. The summed E-state index contributed by atoms with van der Waals surface area (Å²) in [4.78, 5) is 24.6. The molecule has 5 nitrogen and oxygen atoms in total. The fraction of sp³-hybridized carbons (Fsp3) is 0.818. The first-order chi connectivity index (χ1) is 8.06. The Kier molecular flexibility index (Phi) is 5.61. The van der Waals surface area contributed by atoms with Crippen LogP contribution in [-0.2, 0) is 4.79 Å². The van der Waals surface area contributed by atoms with E-state index in [0.29, 0.717) is 13.0 Å². The van der Waals surface area contributed by atoms with Gasteiger partial charge in [0, 0.05) is 24.1 Å². The zero-order valence-corrected chi connectivity index (χ0v) is 11.1. The maximum Gasteiger partial charge on any atom is 0.326 e. The van der Waals surface area contributed by atoms with Gasteiger partial charge < -0.3 is 15.3 Å². The van der Waals surface area contributed by atoms with Gasteiger partial charge in [0.15, 0.2) is 0 Å². The quantitative estimate of drug-likeness (QED) is 0.801. The average molecular weight is 260 g/mol. The van der Waals surface area contributed by atoms with Crippen LogP contribution < -0.4 is 5.32 Å². The van der Waals surface area contributed by atoms with Gasteiger partial charge in [-0.05, 0) is 13.3 Å². The van der Waals surface area contributed by atoms with E-state index in [1.54, 1.807) is 4.90 Å². The van der Waals surface area contributed by atoms with Crippen LogP contribution in [0.5, 0.6) is 0 Å². The molecule has 2 amide bonds. The van der Waals surface area contributed by atoms with Gasteiger partial charge >= 0.3 is 12.0 Å². The molecule has 0 aromatic carbocycles. The average Bonchev–Trinajstić information content (AvgIpc) is 2.28. The predicted octanol–water partition coefficient (Wildman–Crippen LogP) is 1.39. The summed E-state index contributed by atoms with van der Waals surface area (Å²) >= 11 is 1.82. The van der Waals surface area contributed by atoms with E-state index in [9.17, 15) is 9.59 Å². The fourth-order valence-corrected chi connectivity index (χ4v) is 2.82. The Morgan fingerprint density at radius 1 is 1.59 bits per heavy atom. The molecule has 1 rings (SSSR count). The molecule has 1 aliphatic heterocycles. The number of hydrogen-bond acceptors (Lipinski definition) is 3. The van der Waals surface area contributed by atoms with E-state index in [2.05, 4.69) is 5.32 Å². The smallest absolute Gasteiger partial charge is 0.326 e. The van der Waals surface area contributed by atoms with Gasteiger partial charge in [0.2, 0.25) is 0 Å². The number of carboxylic acids is 1. The number of aliphatic carboxylic acids is 1. The first kappa shape index (κ1) is 14.2. The molecule has 2 N–H and O–H groups in total. The van der Waals surface area contributed by atoms with Crippen molar-refractivity contribution in [1.82, 2.24) is 10.2 Å². The van der Waals surface area contributed by atoms with Crippen molar-refractivity contribution in [3.63, 3.8) is 0 Å². The zero-order chi connectivity index (χ0) is 12.8. The Hall–Kier alpha value is -0.910. The molecular formula is C11H20N2O3S. The van der Waals surface area contributed by atoms with Crippen molar-refractivity contribution in [2.45, 2.75) is 38.8 Å². The second kappa shape index (κ2) is 6.74. The number of amides is 2. The van der Waals surface area contributed by atoms with Crippen LogP contribution in [0.15, 0.2) is 0 Å². The molecule has 0 saturated carbocycles. The van der Waals surface area contributed by atoms with Crippen LogP contribution in [-0.4, -0.2) is 52.1 Å². The van der Waals surface area contributed by atoms with E-state index in [1.807, 2.05) is 25.6 Å². The first-order valence-corrected chi connectivity index (χ1v) is 7.09. The summed E-state index contributed by atoms with van der Waals surface area (Å²) in [7, 11) is 0. The van der Waals surface area contributed by atoms with Gasteiger partial charge in [0.1, 0.15) is 6.04 Å². The van der Waals surface area contributed by atoms with Gasteiger partial charge in [-0.2, -0.15) is 11.8 Å². The topological polar surface area (TPSA) is 69.6 Å². The van der Waals surface area contributed by atoms with E-state index in [0.717, 1.165) is 17.9 Å². The third-order valence-corrected chi connectivity index (χ3v) is 3.99. The number of carbonyl (C=O) groups excluding carboxylic acids is 1. The van der Waals surface area contributed by atoms with Crippen LogP contribution >= 0.6 is 11.8 Å². The fourth-order valence-electron chi connectivity index (χ4n) is 1.81. The highest BCUT2D eigenvalue weighted by Gasteiger charge is 2.27. The lowest BCUT2D eigenvalue weighted by Gasteiger charge is -2.33. The van der Waals surface area contributed by atoms with Gasteiger partial charge in [-0.15, -0.1) is 0 Å². The molecule has 17 heavy (non-hydrogen) atoms. The SMILES string of the molecule is CCC[C@@H](NC(=O)N1CCSCC1C)C(=O)O. The number of hydrogen-bond donors (Lipinski definition) is 2. The number of thioether (sulfide) groups is 1. The molecule has 0 radical (unpaired) electrons. The van der Waals surface area contributed by atoms with Crippen molar-refractivity contribution >= 4 is 23.8 Å². The molecule has 1 fully saturated rings. The Labute approximate surface area is 106 Å². The van der Waals surface area contributed by atoms with Crippen LogP contribution in [0.2, 0.25) is 0 Å². The molecule has 2 atom stereocenters. The van der Waals surface area contributed by atoms with Crippen LogP contribution in [0.4, 0.5) is 4.79 Å². The van der Waals surface area contributed by atoms with E-state index < -0.39 is 12.0 Å². The summed E-state index contributed by atoms with van der Waals surface area (Å²) in [6.07, 6.45) is 1.21. The Morgan fingerprint density at radius 2 is 2.29 bits per heavy atom. The molecule has 6 heteroatoms. The minimum Gasteiger partial charge on any atom is -0.480 e. The van der Waals surface area contributed by atoms with Gasteiger partial charge in [-0.3, -0.25) is 0 Å². The van der Waals surface area contributed by atoms with Crippen LogP contribution in [0.25, 0.3) is 0 Å². The Balaban J connectivity index is 2.53. The minimum atomic E-state index is -0.959. The standard InChI is InChI=1S/C11H20N2O3S/c1-3-4-9(10(14)15)12-11(16)13-5-6-17-7-8(13)2/h8-9H,3-7H2,1-2H3,(H,12,16)(H,14,15)/t8?,9-/m1/s1. The second-order valence-electron chi connectivity index (χ2n) is 4.25. The molecule has 0 aromatic rings. The summed E-state index contributed by atoms with van der Waals surface area (Å²) < 4.78 is 0. The van der Waals surface area contributed by atoms with Gasteiger partial charge in [0.05, 0.1) is 0 Å². The lowest BCUT2D eigenvalue weighted by Crippen LogP contribution is -2.53. The van der Waals surface area contributed by atoms with E-state index in [-0.39, 0.29) is 12.1 Å². The third kappa shape index (κ3) is 4.11. The van der Waals surface area contributed by atoms with Crippen molar-refractivity contribution in [3.8, 4) is 0 Å². The van der Waals surface area contributed by atoms with Crippen LogP contribution in [0, 0.1) is 0 Å². The maximum absolute atomic E-state index is 11.9. The Bertz CT molecular complexity index is 286. The first-order valence-electron chi connectivity index (χ1n) is 5.94. The van der Waals surface area contributed by atoms with Crippen LogP contribution in [0.3, 0.4) is 0 Å². The summed E-state index contributed by atoms with van der Waals surface area (Å²) in [5.74, 6) is 0.876. The van der Waals surface area contributed by atoms with E-state index in [4.69, 9.17) is 5.11 Å². The van der Waals surface area contributed by atoms with Gasteiger partial charge in [-0.1, -0.05) is 13.3 Å². The van der Waals surface area contributed by atoms with Crippen molar-refractivity contribution in [2.75, 3.05) is 18.1 Å². The highest BCUT2D eigenvalue weighted by Crippen LogP contribution is 2.16. The number of nitrogens with zero attached hydrogens (tertiary/aromatic N) is 1. The monoisotopic (exact) mass is 260 g/mol. The number of carbonyl (C=O) groups is 2. The molecule has 0 aliphatic carbocycles.